The van der Waals surface area contributed by atoms with Gasteiger partial charge < -0.3 is 10.1 Å². The third kappa shape index (κ3) is 2.49. The minimum Gasteiger partial charge on any atom is -0.377 e. The zero-order chi connectivity index (χ0) is 10.7. The molecule has 0 atom stereocenters. The van der Waals surface area contributed by atoms with Crippen LogP contribution in [0.4, 0.5) is 0 Å². The zero-order valence-electron chi connectivity index (χ0n) is 8.20. The van der Waals surface area contributed by atoms with Crippen LogP contribution in [0.25, 0.3) is 0 Å². The van der Waals surface area contributed by atoms with Gasteiger partial charge in [-0.2, -0.15) is 0 Å². The van der Waals surface area contributed by atoms with Crippen LogP contribution in [-0.2, 0) is 10.6 Å². The van der Waals surface area contributed by atoms with Gasteiger partial charge in [0.15, 0.2) is 0 Å². The van der Waals surface area contributed by atoms with E-state index in [-0.39, 0.29) is 11.9 Å². The van der Waals surface area contributed by atoms with Crippen LogP contribution in [0.2, 0.25) is 0 Å². The topological polar surface area (TPSA) is 38.3 Å². The van der Waals surface area contributed by atoms with E-state index in [2.05, 4.69) is 5.32 Å². The molecular formula is C11H12ClNO2. The molecule has 4 heteroatoms. The third-order valence-corrected chi connectivity index (χ3v) is 2.63. The van der Waals surface area contributed by atoms with E-state index in [1.807, 2.05) is 18.2 Å². The number of ether oxygens (including phenoxy) is 1. The van der Waals surface area contributed by atoms with Crippen LogP contribution < -0.4 is 5.32 Å². The van der Waals surface area contributed by atoms with Gasteiger partial charge in [-0.1, -0.05) is 12.1 Å². The Labute approximate surface area is 93.4 Å². The molecule has 15 heavy (non-hydrogen) atoms. The Hall–Kier alpha value is -1.06. The monoisotopic (exact) mass is 225 g/mol. The highest BCUT2D eigenvalue weighted by molar-refractivity contribution is 6.17. The molecule has 80 valence electrons. The fourth-order valence-electron chi connectivity index (χ4n) is 1.38. The normalized spacial score (nSPS) is 15.8. The first-order valence-corrected chi connectivity index (χ1v) is 5.36. The first kappa shape index (κ1) is 10.5. The van der Waals surface area contributed by atoms with Gasteiger partial charge in [0, 0.05) is 11.4 Å². The van der Waals surface area contributed by atoms with E-state index in [4.69, 9.17) is 16.3 Å². The molecule has 0 spiro atoms. The summed E-state index contributed by atoms with van der Waals surface area (Å²) in [6.45, 7) is 1.22. The zero-order valence-corrected chi connectivity index (χ0v) is 8.96. The number of carbonyl (C=O) groups excluding carboxylic acids is 1. The van der Waals surface area contributed by atoms with Gasteiger partial charge in [-0.3, -0.25) is 4.79 Å². The Morgan fingerprint density at radius 1 is 1.53 bits per heavy atom. The summed E-state index contributed by atoms with van der Waals surface area (Å²) >= 11 is 5.70. The molecule has 1 aliphatic heterocycles. The maximum atomic E-state index is 11.7. The average molecular weight is 226 g/mol. The van der Waals surface area contributed by atoms with Gasteiger partial charge in [-0.25, -0.2) is 0 Å². The second-order valence-corrected chi connectivity index (χ2v) is 3.81. The summed E-state index contributed by atoms with van der Waals surface area (Å²) in [6, 6.07) is 7.49. The first-order valence-electron chi connectivity index (χ1n) is 4.83. The summed E-state index contributed by atoms with van der Waals surface area (Å²) in [7, 11) is 0. The van der Waals surface area contributed by atoms with Crippen LogP contribution in [0.5, 0.6) is 0 Å². The second-order valence-electron chi connectivity index (χ2n) is 3.54. The van der Waals surface area contributed by atoms with Crippen molar-refractivity contribution < 1.29 is 9.53 Å². The Balaban J connectivity index is 2.03. The molecular weight excluding hydrogens is 214 g/mol. The summed E-state index contributed by atoms with van der Waals surface area (Å²) in [5, 5.41) is 2.88. The maximum Gasteiger partial charge on any atom is 0.251 e. The highest BCUT2D eigenvalue weighted by atomic mass is 35.5. The lowest BCUT2D eigenvalue weighted by atomic mass is 10.1. The van der Waals surface area contributed by atoms with E-state index in [0.29, 0.717) is 24.7 Å². The Bertz CT molecular complexity index is 363. The van der Waals surface area contributed by atoms with Crippen molar-refractivity contribution in [1.82, 2.24) is 5.32 Å². The molecule has 1 N–H and O–H groups in total. The van der Waals surface area contributed by atoms with E-state index >= 15 is 0 Å². The van der Waals surface area contributed by atoms with Crippen LogP contribution in [0.1, 0.15) is 15.9 Å². The minimum atomic E-state index is -0.0599. The number of carbonyl (C=O) groups is 1. The summed E-state index contributed by atoms with van der Waals surface area (Å²) < 4.78 is 4.98. The summed E-state index contributed by atoms with van der Waals surface area (Å²) in [5.41, 5.74) is 1.61. The van der Waals surface area contributed by atoms with Crippen molar-refractivity contribution >= 4 is 17.5 Å². The van der Waals surface area contributed by atoms with Gasteiger partial charge in [0.1, 0.15) is 0 Å². The number of amides is 1. The summed E-state index contributed by atoms with van der Waals surface area (Å²) in [5.74, 6) is 0.364. The van der Waals surface area contributed by atoms with Crippen LogP contribution in [0, 0.1) is 0 Å². The molecule has 0 aromatic heterocycles. The number of nitrogens with one attached hydrogen (secondary N) is 1. The molecule has 0 radical (unpaired) electrons. The van der Waals surface area contributed by atoms with E-state index in [0.717, 1.165) is 5.56 Å². The maximum absolute atomic E-state index is 11.7. The van der Waals surface area contributed by atoms with Crippen molar-refractivity contribution in [3.63, 3.8) is 0 Å². The summed E-state index contributed by atoms with van der Waals surface area (Å²) in [4.78, 5) is 11.7. The molecule has 0 unspecified atom stereocenters. The molecule has 1 aliphatic rings. The Kier molecular flexibility index (Phi) is 3.23. The molecule has 1 aromatic rings. The fraction of sp³-hybridized carbons (Fsp3) is 0.364. The standard InChI is InChI=1S/C11H12ClNO2/c12-5-8-2-1-3-9(4-8)11(14)13-10-6-15-7-10/h1-4,10H,5-7H2,(H,13,14). The highest BCUT2D eigenvalue weighted by Gasteiger charge is 2.20. The molecule has 1 aromatic carbocycles. The number of hydrogen-bond donors (Lipinski definition) is 1. The van der Waals surface area contributed by atoms with Crippen LogP contribution in [-0.4, -0.2) is 25.2 Å². The molecule has 1 saturated heterocycles. The molecule has 1 heterocycles. The fourth-order valence-corrected chi connectivity index (χ4v) is 1.55. The molecule has 1 fully saturated rings. The number of hydrogen-bond acceptors (Lipinski definition) is 2. The van der Waals surface area contributed by atoms with E-state index in [1.54, 1.807) is 6.07 Å². The average Bonchev–Trinajstić information content (AvgIpc) is 2.23. The van der Waals surface area contributed by atoms with Crippen molar-refractivity contribution in [3.8, 4) is 0 Å². The van der Waals surface area contributed by atoms with Gasteiger partial charge in [0.05, 0.1) is 19.3 Å². The predicted molar refractivity (Wildman–Crippen MR) is 58.1 cm³/mol. The van der Waals surface area contributed by atoms with Crippen molar-refractivity contribution in [2.24, 2.45) is 0 Å². The number of alkyl halides is 1. The van der Waals surface area contributed by atoms with Gasteiger partial charge in [0.2, 0.25) is 0 Å². The number of rotatable bonds is 3. The van der Waals surface area contributed by atoms with Gasteiger partial charge >= 0.3 is 0 Å². The third-order valence-electron chi connectivity index (χ3n) is 2.32. The summed E-state index contributed by atoms with van der Waals surface area (Å²) in [6.07, 6.45) is 0. The number of benzene rings is 1. The van der Waals surface area contributed by atoms with Crippen LogP contribution >= 0.6 is 11.6 Å². The van der Waals surface area contributed by atoms with E-state index in [1.165, 1.54) is 0 Å². The molecule has 2 rings (SSSR count). The largest absolute Gasteiger partial charge is 0.377 e. The minimum absolute atomic E-state index is 0.0599. The van der Waals surface area contributed by atoms with E-state index in [9.17, 15) is 4.79 Å². The lowest BCUT2D eigenvalue weighted by Gasteiger charge is -2.26. The smallest absolute Gasteiger partial charge is 0.251 e. The van der Waals surface area contributed by atoms with E-state index < -0.39 is 0 Å². The van der Waals surface area contributed by atoms with Crippen molar-refractivity contribution in [3.05, 3.63) is 35.4 Å². The van der Waals surface area contributed by atoms with Gasteiger partial charge in [-0.15, -0.1) is 11.6 Å². The molecule has 1 amide bonds. The Morgan fingerprint density at radius 3 is 2.93 bits per heavy atom. The first-order chi connectivity index (χ1) is 7.29. The highest BCUT2D eigenvalue weighted by Crippen LogP contribution is 2.09. The van der Waals surface area contributed by atoms with Gasteiger partial charge in [0.25, 0.3) is 5.91 Å². The predicted octanol–water partition coefficient (Wildman–Crippen LogP) is 1.55. The molecule has 0 aliphatic carbocycles. The van der Waals surface area contributed by atoms with Gasteiger partial charge in [-0.05, 0) is 17.7 Å². The second kappa shape index (κ2) is 4.64. The molecule has 0 bridgehead atoms. The number of halogens is 1. The van der Waals surface area contributed by atoms with Crippen LogP contribution in [0.3, 0.4) is 0 Å². The molecule has 3 nitrogen and oxygen atoms in total. The van der Waals surface area contributed by atoms with Crippen LogP contribution in [0.15, 0.2) is 24.3 Å². The van der Waals surface area contributed by atoms with Crippen molar-refractivity contribution in [2.75, 3.05) is 13.2 Å². The lowest BCUT2D eigenvalue weighted by Crippen LogP contribution is -2.48. The van der Waals surface area contributed by atoms with Crippen molar-refractivity contribution in [1.29, 1.82) is 0 Å². The SMILES string of the molecule is O=C(NC1COC1)c1cccc(CCl)c1. The lowest BCUT2D eigenvalue weighted by molar-refractivity contribution is -0.00346. The quantitative estimate of drug-likeness (QED) is 0.793. The Morgan fingerprint density at radius 2 is 2.33 bits per heavy atom. The van der Waals surface area contributed by atoms with Crippen molar-refractivity contribution in [2.45, 2.75) is 11.9 Å². The molecule has 0 saturated carbocycles.